The van der Waals surface area contributed by atoms with Gasteiger partial charge in [0.05, 0.1) is 13.4 Å². The van der Waals surface area contributed by atoms with Gasteiger partial charge in [0.1, 0.15) is 5.75 Å². The minimum absolute atomic E-state index is 0.124. The number of ether oxygens (including phenoxy) is 1. The van der Waals surface area contributed by atoms with Crippen molar-refractivity contribution in [2.24, 2.45) is 0 Å². The summed E-state index contributed by atoms with van der Waals surface area (Å²) in [6.45, 7) is 2.45. The van der Waals surface area contributed by atoms with Gasteiger partial charge in [0.2, 0.25) is 0 Å². The van der Waals surface area contributed by atoms with Gasteiger partial charge in [-0.05, 0) is 29.8 Å². The van der Waals surface area contributed by atoms with Crippen LogP contribution in [0, 0.1) is 0 Å². The first kappa shape index (κ1) is 16.9. The van der Waals surface area contributed by atoms with Crippen LogP contribution < -0.4 is 10.1 Å². The van der Waals surface area contributed by atoms with Crippen LogP contribution in [0.4, 0.5) is 4.79 Å². The van der Waals surface area contributed by atoms with Crippen LogP contribution in [0.15, 0.2) is 47.1 Å². The monoisotopic (exact) mass is 343 g/mol. The molecule has 0 bridgehead atoms. The summed E-state index contributed by atoms with van der Waals surface area (Å²) in [6, 6.07) is 10.8. The van der Waals surface area contributed by atoms with Gasteiger partial charge in [-0.1, -0.05) is 12.1 Å². The number of amides is 3. The van der Waals surface area contributed by atoms with Crippen molar-refractivity contribution in [2.75, 3.05) is 33.3 Å². The van der Waals surface area contributed by atoms with Gasteiger partial charge in [0.15, 0.2) is 5.76 Å². The maximum atomic E-state index is 12.3. The highest BCUT2D eigenvalue weighted by molar-refractivity contribution is 5.91. The summed E-state index contributed by atoms with van der Waals surface area (Å²) in [7, 11) is 1.62. The number of furan rings is 1. The van der Waals surface area contributed by atoms with Crippen molar-refractivity contribution in [3.63, 3.8) is 0 Å². The molecule has 0 saturated carbocycles. The summed E-state index contributed by atoms with van der Waals surface area (Å²) in [5, 5.41) is 2.90. The molecule has 1 aliphatic heterocycles. The summed E-state index contributed by atoms with van der Waals surface area (Å²) in [5.41, 5.74) is 1.00. The standard InChI is InChI=1S/C18H21N3O4/c1-24-15-6-4-14(5-7-15)13-19-18(23)21-10-8-20(9-11-21)17(22)16-3-2-12-25-16/h2-7,12H,8-11,13H2,1H3,(H,19,23). The second-order valence-electron chi connectivity index (χ2n) is 5.76. The summed E-state index contributed by atoms with van der Waals surface area (Å²) in [5.74, 6) is 0.980. The van der Waals surface area contributed by atoms with E-state index in [2.05, 4.69) is 5.32 Å². The number of nitrogens with zero attached hydrogens (tertiary/aromatic N) is 2. The average molecular weight is 343 g/mol. The van der Waals surface area contributed by atoms with E-state index < -0.39 is 0 Å². The molecule has 1 fully saturated rings. The number of nitrogens with one attached hydrogen (secondary N) is 1. The molecule has 0 radical (unpaired) electrons. The van der Waals surface area contributed by atoms with E-state index in [4.69, 9.17) is 9.15 Å². The molecular weight excluding hydrogens is 322 g/mol. The quantitative estimate of drug-likeness (QED) is 0.921. The van der Waals surface area contributed by atoms with Gasteiger partial charge in [-0.3, -0.25) is 4.79 Å². The number of urea groups is 1. The molecule has 0 atom stereocenters. The van der Waals surface area contributed by atoms with Gasteiger partial charge >= 0.3 is 6.03 Å². The van der Waals surface area contributed by atoms with Gasteiger partial charge in [-0.2, -0.15) is 0 Å². The highest BCUT2D eigenvalue weighted by Crippen LogP contribution is 2.12. The van der Waals surface area contributed by atoms with E-state index in [9.17, 15) is 9.59 Å². The predicted molar refractivity (Wildman–Crippen MR) is 91.4 cm³/mol. The second-order valence-corrected chi connectivity index (χ2v) is 5.76. The van der Waals surface area contributed by atoms with Crippen molar-refractivity contribution in [1.29, 1.82) is 0 Å². The smallest absolute Gasteiger partial charge is 0.317 e. The van der Waals surface area contributed by atoms with E-state index in [0.717, 1.165) is 11.3 Å². The van der Waals surface area contributed by atoms with E-state index in [1.807, 2.05) is 24.3 Å². The Labute approximate surface area is 146 Å². The first-order valence-electron chi connectivity index (χ1n) is 8.16. The van der Waals surface area contributed by atoms with E-state index in [1.54, 1.807) is 29.0 Å². The molecule has 3 amide bonds. The molecule has 1 aromatic carbocycles. The van der Waals surface area contributed by atoms with Crippen LogP contribution in [0.3, 0.4) is 0 Å². The zero-order valence-electron chi connectivity index (χ0n) is 14.1. The Morgan fingerprint density at radius 2 is 1.76 bits per heavy atom. The zero-order chi connectivity index (χ0) is 17.6. The highest BCUT2D eigenvalue weighted by atomic mass is 16.5. The molecule has 1 saturated heterocycles. The molecule has 132 valence electrons. The normalized spacial score (nSPS) is 14.3. The molecule has 25 heavy (non-hydrogen) atoms. The fourth-order valence-electron chi connectivity index (χ4n) is 2.70. The lowest BCUT2D eigenvalue weighted by Crippen LogP contribution is -2.53. The van der Waals surface area contributed by atoms with Crippen molar-refractivity contribution in [1.82, 2.24) is 15.1 Å². The Bertz CT molecular complexity index is 704. The number of hydrogen-bond donors (Lipinski definition) is 1. The molecule has 0 aliphatic carbocycles. The van der Waals surface area contributed by atoms with Gasteiger partial charge in [0.25, 0.3) is 5.91 Å². The van der Waals surface area contributed by atoms with Crippen LogP contribution in [0.1, 0.15) is 16.1 Å². The Kier molecular flexibility index (Phi) is 5.23. The third kappa shape index (κ3) is 4.12. The first-order valence-corrected chi connectivity index (χ1v) is 8.16. The van der Waals surface area contributed by atoms with Gasteiger partial charge in [-0.25, -0.2) is 4.79 Å². The van der Waals surface area contributed by atoms with Crippen molar-refractivity contribution in [3.05, 3.63) is 54.0 Å². The van der Waals surface area contributed by atoms with E-state index in [1.165, 1.54) is 6.26 Å². The predicted octanol–water partition coefficient (Wildman–Crippen LogP) is 1.96. The second kappa shape index (κ2) is 7.74. The van der Waals surface area contributed by atoms with Crippen molar-refractivity contribution < 1.29 is 18.7 Å². The van der Waals surface area contributed by atoms with Crippen molar-refractivity contribution in [3.8, 4) is 5.75 Å². The lowest BCUT2D eigenvalue weighted by molar-refractivity contribution is 0.0634. The molecule has 1 N–H and O–H groups in total. The Hall–Kier alpha value is -2.96. The largest absolute Gasteiger partial charge is 0.497 e. The topological polar surface area (TPSA) is 75.0 Å². The third-order valence-corrected chi connectivity index (χ3v) is 4.19. The van der Waals surface area contributed by atoms with E-state index in [-0.39, 0.29) is 11.9 Å². The fraction of sp³-hybridized carbons (Fsp3) is 0.333. The van der Waals surface area contributed by atoms with Gasteiger partial charge in [0, 0.05) is 32.7 Å². The molecule has 0 unspecified atom stereocenters. The average Bonchev–Trinajstić information content (AvgIpc) is 3.21. The summed E-state index contributed by atoms with van der Waals surface area (Å²) in [6.07, 6.45) is 1.48. The molecule has 2 heterocycles. The molecule has 3 rings (SSSR count). The molecule has 0 spiro atoms. The molecule has 7 heteroatoms. The van der Waals surface area contributed by atoms with Crippen molar-refractivity contribution in [2.45, 2.75) is 6.54 Å². The maximum absolute atomic E-state index is 12.3. The molecular formula is C18H21N3O4. The Morgan fingerprint density at radius 1 is 1.08 bits per heavy atom. The molecule has 1 aliphatic rings. The van der Waals surface area contributed by atoms with Crippen LogP contribution in [0.2, 0.25) is 0 Å². The number of piperazine rings is 1. The van der Waals surface area contributed by atoms with Crippen LogP contribution in [-0.4, -0.2) is 55.0 Å². The van der Waals surface area contributed by atoms with E-state index >= 15 is 0 Å². The number of hydrogen-bond acceptors (Lipinski definition) is 4. The number of rotatable bonds is 4. The summed E-state index contributed by atoms with van der Waals surface area (Å²) in [4.78, 5) is 27.9. The lowest BCUT2D eigenvalue weighted by atomic mass is 10.2. The number of carbonyl (C=O) groups excluding carboxylic acids is 2. The molecule has 2 aromatic rings. The van der Waals surface area contributed by atoms with Crippen LogP contribution in [-0.2, 0) is 6.54 Å². The Morgan fingerprint density at radius 3 is 2.36 bits per heavy atom. The minimum atomic E-state index is -0.136. The van der Waals surface area contributed by atoms with E-state index in [0.29, 0.717) is 38.5 Å². The van der Waals surface area contributed by atoms with Gasteiger partial charge in [-0.15, -0.1) is 0 Å². The number of methoxy groups -OCH3 is 1. The highest BCUT2D eigenvalue weighted by Gasteiger charge is 2.25. The number of benzene rings is 1. The first-order chi connectivity index (χ1) is 12.2. The van der Waals surface area contributed by atoms with Crippen LogP contribution in [0.25, 0.3) is 0 Å². The number of carbonyl (C=O) groups is 2. The van der Waals surface area contributed by atoms with Crippen molar-refractivity contribution >= 4 is 11.9 Å². The fourth-order valence-corrected chi connectivity index (χ4v) is 2.70. The molecule has 1 aromatic heterocycles. The van der Waals surface area contributed by atoms with Crippen LogP contribution >= 0.6 is 0 Å². The molecule has 7 nitrogen and oxygen atoms in total. The minimum Gasteiger partial charge on any atom is -0.497 e. The Balaban J connectivity index is 1.45. The zero-order valence-corrected chi connectivity index (χ0v) is 14.1. The van der Waals surface area contributed by atoms with Crippen LogP contribution in [0.5, 0.6) is 5.75 Å². The summed E-state index contributed by atoms with van der Waals surface area (Å²) < 4.78 is 10.2. The summed E-state index contributed by atoms with van der Waals surface area (Å²) >= 11 is 0. The lowest BCUT2D eigenvalue weighted by Gasteiger charge is -2.34. The third-order valence-electron chi connectivity index (χ3n) is 4.19. The van der Waals surface area contributed by atoms with Gasteiger partial charge < -0.3 is 24.3 Å². The SMILES string of the molecule is COc1ccc(CNC(=O)N2CCN(C(=O)c3ccco3)CC2)cc1. The maximum Gasteiger partial charge on any atom is 0.317 e.